The number of likely N-dealkylation sites (tertiary alicyclic amines) is 1. The molecule has 0 radical (unpaired) electrons. The summed E-state index contributed by atoms with van der Waals surface area (Å²) in [6.45, 7) is 3.09. The van der Waals surface area contributed by atoms with Gasteiger partial charge in [0.1, 0.15) is 0 Å². The van der Waals surface area contributed by atoms with E-state index in [0.717, 1.165) is 19.5 Å². The number of piperidine rings is 2. The topological polar surface area (TPSA) is 61.5 Å². The Bertz CT molecular complexity index is 530. The van der Waals surface area contributed by atoms with Crippen molar-refractivity contribution >= 4 is 5.82 Å². The Labute approximate surface area is 118 Å². The molecule has 1 N–H and O–H groups in total. The van der Waals surface area contributed by atoms with Crippen LogP contribution in [-0.4, -0.2) is 54.7 Å². The van der Waals surface area contributed by atoms with E-state index in [-0.39, 0.29) is 5.56 Å². The van der Waals surface area contributed by atoms with Gasteiger partial charge >= 0.3 is 0 Å². The number of nitrogens with zero attached hydrogens (tertiary/aromatic N) is 3. The summed E-state index contributed by atoms with van der Waals surface area (Å²) in [4.78, 5) is 23.4. The first kappa shape index (κ1) is 13.4. The molecule has 6 nitrogen and oxygen atoms in total. The Kier molecular flexibility index (Phi) is 3.65. The highest BCUT2D eigenvalue weighted by atomic mass is 16.5. The number of ether oxygens (including phenoxy) is 1. The van der Waals surface area contributed by atoms with Crippen LogP contribution in [0.2, 0.25) is 0 Å². The minimum absolute atomic E-state index is 0.208. The van der Waals surface area contributed by atoms with Gasteiger partial charge in [-0.25, -0.2) is 4.98 Å². The molecule has 0 spiro atoms. The molecule has 2 aliphatic rings. The van der Waals surface area contributed by atoms with Crippen molar-refractivity contribution in [1.82, 2.24) is 14.9 Å². The van der Waals surface area contributed by atoms with E-state index >= 15 is 0 Å². The number of fused-ring (bicyclic) bond motifs is 1. The van der Waals surface area contributed by atoms with Gasteiger partial charge in [-0.15, -0.1) is 0 Å². The van der Waals surface area contributed by atoms with Crippen molar-refractivity contribution in [2.24, 2.45) is 5.92 Å². The maximum Gasteiger partial charge on any atom is 0.295 e. The van der Waals surface area contributed by atoms with Gasteiger partial charge in [0.2, 0.25) is 5.75 Å². The van der Waals surface area contributed by atoms with Crippen molar-refractivity contribution in [2.75, 3.05) is 38.7 Å². The molecule has 2 saturated heterocycles. The average molecular weight is 278 g/mol. The molecule has 0 amide bonds. The molecule has 1 aromatic heterocycles. The number of methoxy groups -OCH3 is 1. The van der Waals surface area contributed by atoms with Crippen LogP contribution in [0, 0.1) is 5.92 Å². The third kappa shape index (κ3) is 2.28. The quantitative estimate of drug-likeness (QED) is 0.863. The number of rotatable bonds is 2. The molecule has 0 saturated carbocycles. The number of aromatic nitrogens is 2. The monoisotopic (exact) mass is 278 g/mol. The SMILES string of the molecule is COc1c(N2CCC3C(CCCN3C)C2)nc[nH]c1=O. The highest BCUT2D eigenvalue weighted by Crippen LogP contribution is 2.33. The summed E-state index contributed by atoms with van der Waals surface area (Å²) in [5, 5.41) is 0. The summed E-state index contributed by atoms with van der Waals surface area (Å²) in [6, 6.07) is 0.674. The van der Waals surface area contributed by atoms with Crippen molar-refractivity contribution < 1.29 is 4.74 Å². The fraction of sp³-hybridized carbons (Fsp3) is 0.714. The molecule has 2 atom stereocenters. The van der Waals surface area contributed by atoms with Crippen molar-refractivity contribution in [3.05, 3.63) is 16.7 Å². The van der Waals surface area contributed by atoms with Crippen molar-refractivity contribution in [3.8, 4) is 5.75 Å². The molecule has 0 aliphatic carbocycles. The van der Waals surface area contributed by atoms with Gasteiger partial charge < -0.3 is 19.5 Å². The zero-order valence-corrected chi connectivity index (χ0v) is 12.1. The van der Waals surface area contributed by atoms with Gasteiger partial charge in [0, 0.05) is 19.1 Å². The summed E-state index contributed by atoms with van der Waals surface area (Å²) < 4.78 is 5.23. The molecule has 3 heterocycles. The Morgan fingerprint density at radius 1 is 1.40 bits per heavy atom. The lowest BCUT2D eigenvalue weighted by molar-refractivity contribution is 0.102. The van der Waals surface area contributed by atoms with E-state index < -0.39 is 0 Å². The Balaban J connectivity index is 1.83. The first-order valence-electron chi connectivity index (χ1n) is 7.27. The minimum atomic E-state index is -0.208. The second-order valence-corrected chi connectivity index (χ2v) is 5.77. The predicted molar refractivity (Wildman–Crippen MR) is 77.4 cm³/mol. The first-order chi connectivity index (χ1) is 9.70. The first-order valence-corrected chi connectivity index (χ1v) is 7.27. The van der Waals surface area contributed by atoms with Crippen LogP contribution in [0.25, 0.3) is 0 Å². The number of hydrogen-bond acceptors (Lipinski definition) is 5. The van der Waals surface area contributed by atoms with E-state index in [1.165, 1.54) is 32.8 Å². The largest absolute Gasteiger partial charge is 0.489 e. The standard InChI is InChI=1S/C14H22N4O2/c1-17-6-3-4-10-8-18(7-5-11(10)17)13-12(20-2)14(19)16-9-15-13/h9-11H,3-8H2,1-2H3,(H,15,16,19). The van der Waals surface area contributed by atoms with Crippen LogP contribution < -0.4 is 15.2 Å². The van der Waals surface area contributed by atoms with Crippen LogP contribution in [0.3, 0.4) is 0 Å². The highest BCUT2D eigenvalue weighted by molar-refractivity contribution is 5.51. The fourth-order valence-electron chi connectivity index (χ4n) is 3.63. The zero-order chi connectivity index (χ0) is 14.1. The maximum atomic E-state index is 11.8. The minimum Gasteiger partial charge on any atom is -0.489 e. The van der Waals surface area contributed by atoms with E-state index in [0.29, 0.717) is 23.5 Å². The average Bonchev–Trinajstić information content (AvgIpc) is 2.47. The molecule has 0 aromatic carbocycles. The third-order valence-corrected chi connectivity index (χ3v) is 4.64. The number of nitrogens with one attached hydrogen (secondary N) is 1. The molecule has 3 rings (SSSR count). The molecule has 1 aromatic rings. The predicted octanol–water partition coefficient (Wildman–Crippen LogP) is 0.699. The van der Waals surface area contributed by atoms with Crippen LogP contribution in [0.1, 0.15) is 19.3 Å². The van der Waals surface area contributed by atoms with Gasteiger partial charge in [-0.2, -0.15) is 0 Å². The summed E-state index contributed by atoms with van der Waals surface area (Å²) in [5.74, 6) is 1.67. The van der Waals surface area contributed by atoms with Gasteiger partial charge in [-0.1, -0.05) is 0 Å². The van der Waals surface area contributed by atoms with Crippen LogP contribution >= 0.6 is 0 Å². The number of hydrogen-bond donors (Lipinski definition) is 1. The fourth-order valence-corrected chi connectivity index (χ4v) is 3.63. The lowest BCUT2D eigenvalue weighted by Gasteiger charge is -2.46. The summed E-state index contributed by atoms with van der Waals surface area (Å²) in [6.07, 6.45) is 5.10. The molecule has 0 bridgehead atoms. The molecule has 2 fully saturated rings. The van der Waals surface area contributed by atoms with Gasteiger partial charge in [-0.05, 0) is 38.8 Å². The van der Waals surface area contributed by atoms with Crippen molar-refractivity contribution in [1.29, 1.82) is 0 Å². The second kappa shape index (κ2) is 5.44. The van der Waals surface area contributed by atoms with Crippen LogP contribution in [0.15, 0.2) is 11.1 Å². The van der Waals surface area contributed by atoms with Gasteiger partial charge in [-0.3, -0.25) is 4.79 Å². The molecule has 2 unspecified atom stereocenters. The Morgan fingerprint density at radius 2 is 2.25 bits per heavy atom. The number of H-pyrrole nitrogens is 1. The third-order valence-electron chi connectivity index (χ3n) is 4.64. The second-order valence-electron chi connectivity index (χ2n) is 5.77. The molecule has 110 valence electrons. The van der Waals surface area contributed by atoms with E-state index in [1.54, 1.807) is 0 Å². The van der Waals surface area contributed by atoms with Crippen LogP contribution in [0.4, 0.5) is 5.82 Å². The molecule has 20 heavy (non-hydrogen) atoms. The summed E-state index contributed by atoms with van der Waals surface area (Å²) >= 11 is 0. The smallest absolute Gasteiger partial charge is 0.295 e. The van der Waals surface area contributed by atoms with Gasteiger partial charge in [0.25, 0.3) is 5.56 Å². The van der Waals surface area contributed by atoms with Crippen molar-refractivity contribution in [3.63, 3.8) is 0 Å². The van der Waals surface area contributed by atoms with E-state index in [2.05, 4.69) is 26.8 Å². The number of anilines is 1. The maximum absolute atomic E-state index is 11.8. The van der Waals surface area contributed by atoms with E-state index in [1.807, 2.05) is 0 Å². The van der Waals surface area contributed by atoms with E-state index in [4.69, 9.17) is 4.74 Å². The molecule has 6 heteroatoms. The zero-order valence-electron chi connectivity index (χ0n) is 12.1. The van der Waals surface area contributed by atoms with Gasteiger partial charge in [0.15, 0.2) is 5.82 Å². The van der Waals surface area contributed by atoms with Crippen molar-refractivity contribution in [2.45, 2.75) is 25.3 Å². The molecular formula is C14H22N4O2. The van der Waals surface area contributed by atoms with Crippen LogP contribution in [0.5, 0.6) is 5.75 Å². The lowest BCUT2D eigenvalue weighted by atomic mass is 9.84. The van der Waals surface area contributed by atoms with E-state index in [9.17, 15) is 4.79 Å². The number of aromatic amines is 1. The summed E-state index contributed by atoms with van der Waals surface area (Å²) in [7, 11) is 3.75. The Morgan fingerprint density at radius 3 is 3.05 bits per heavy atom. The molecule has 2 aliphatic heterocycles. The normalized spacial score (nSPS) is 27.2. The molecular weight excluding hydrogens is 256 g/mol. The van der Waals surface area contributed by atoms with Gasteiger partial charge in [0.05, 0.1) is 13.4 Å². The lowest BCUT2D eigenvalue weighted by Crippen LogP contribution is -2.53. The Hall–Kier alpha value is -1.56. The summed E-state index contributed by atoms with van der Waals surface area (Å²) in [5.41, 5.74) is -0.208. The highest BCUT2D eigenvalue weighted by Gasteiger charge is 2.35. The van der Waals surface area contributed by atoms with Crippen LogP contribution in [-0.2, 0) is 0 Å².